The number of allylic oxidation sites excluding steroid dienone is 2. The first-order valence-electron chi connectivity index (χ1n) is 15.1. The van der Waals surface area contributed by atoms with Crippen LogP contribution in [0.25, 0.3) is 0 Å². The SMILES string of the molecule is CC(C)[C@H]1C=C(N(c2ccccc2)S(C)(=O)=O)C=C(C(=O)NC(Cc2ccccc2)[C@H](O)CNCc2cccc(C(F)(F)F)c2)C1. The van der Waals surface area contributed by atoms with E-state index in [9.17, 15) is 31.5 Å². The molecule has 46 heavy (non-hydrogen) atoms. The summed E-state index contributed by atoms with van der Waals surface area (Å²) in [6, 6.07) is 22.2. The lowest BCUT2D eigenvalue weighted by Crippen LogP contribution is -2.49. The average molecular weight is 656 g/mol. The molecule has 1 amide bonds. The number of aliphatic hydroxyl groups excluding tert-OH is 1. The summed E-state index contributed by atoms with van der Waals surface area (Å²) in [6.07, 6.45) is -0.303. The van der Waals surface area contributed by atoms with Gasteiger partial charge in [-0.1, -0.05) is 86.7 Å². The zero-order valence-corrected chi connectivity index (χ0v) is 26.9. The number of para-hydroxylation sites is 1. The molecule has 0 saturated carbocycles. The predicted molar refractivity (Wildman–Crippen MR) is 174 cm³/mol. The Labute approximate surface area is 268 Å². The first kappa shape index (κ1) is 34.9. The van der Waals surface area contributed by atoms with Crippen LogP contribution < -0.4 is 14.9 Å². The number of aliphatic hydroxyl groups is 1. The van der Waals surface area contributed by atoms with Gasteiger partial charge in [-0.2, -0.15) is 13.2 Å². The molecule has 0 radical (unpaired) electrons. The first-order valence-corrected chi connectivity index (χ1v) is 16.9. The van der Waals surface area contributed by atoms with Crippen LogP contribution in [0, 0.1) is 11.8 Å². The molecule has 1 aliphatic carbocycles. The number of benzene rings is 3. The molecule has 1 unspecified atom stereocenters. The van der Waals surface area contributed by atoms with E-state index >= 15 is 0 Å². The van der Waals surface area contributed by atoms with Crippen molar-refractivity contribution in [1.82, 2.24) is 10.6 Å². The van der Waals surface area contributed by atoms with Crippen molar-refractivity contribution in [3.63, 3.8) is 0 Å². The molecule has 246 valence electrons. The molecular formula is C35H40F3N3O4S. The standard InChI is InChI=1S/C35H40F3N3O4S/c1-24(2)27-19-28(21-31(20-27)41(46(3,44)45)30-15-8-5-9-16-30)34(43)40-32(18-25-11-6-4-7-12-25)33(42)23-39-22-26-13-10-14-29(17-26)35(36,37)38/h4-17,20-21,24,27,32-33,39,42H,18-19,22-23H2,1-3H3,(H,40,43)/t27-,32?,33-/m1/s1. The van der Waals surface area contributed by atoms with E-state index in [2.05, 4.69) is 10.6 Å². The van der Waals surface area contributed by atoms with Gasteiger partial charge in [0.25, 0.3) is 0 Å². The molecule has 0 fully saturated rings. The lowest BCUT2D eigenvalue weighted by molar-refractivity contribution is -0.137. The second-order valence-electron chi connectivity index (χ2n) is 11.9. The van der Waals surface area contributed by atoms with Gasteiger partial charge in [0.15, 0.2) is 0 Å². The topological polar surface area (TPSA) is 98.7 Å². The van der Waals surface area contributed by atoms with Gasteiger partial charge in [-0.05, 0) is 60.1 Å². The molecule has 0 spiro atoms. The molecule has 7 nitrogen and oxygen atoms in total. The van der Waals surface area contributed by atoms with Crippen LogP contribution in [0.2, 0.25) is 0 Å². The Morgan fingerprint density at radius 2 is 1.61 bits per heavy atom. The third-order valence-corrected chi connectivity index (χ3v) is 8.97. The number of carbonyl (C=O) groups excluding carboxylic acids is 1. The van der Waals surface area contributed by atoms with E-state index in [1.165, 1.54) is 10.4 Å². The summed E-state index contributed by atoms with van der Waals surface area (Å²) >= 11 is 0. The zero-order chi connectivity index (χ0) is 33.5. The Balaban J connectivity index is 1.56. The van der Waals surface area contributed by atoms with Gasteiger partial charge < -0.3 is 15.7 Å². The largest absolute Gasteiger partial charge is 0.416 e. The maximum Gasteiger partial charge on any atom is 0.416 e. The number of hydrogen-bond donors (Lipinski definition) is 3. The van der Waals surface area contributed by atoms with Gasteiger partial charge >= 0.3 is 6.18 Å². The van der Waals surface area contributed by atoms with Gasteiger partial charge in [-0.25, -0.2) is 12.7 Å². The van der Waals surface area contributed by atoms with Crippen molar-refractivity contribution in [2.45, 2.75) is 51.6 Å². The second kappa shape index (κ2) is 15.1. The van der Waals surface area contributed by atoms with Gasteiger partial charge in [-0.15, -0.1) is 0 Å². The van der Waals surface area contributed by atoms with E-state index < -0.39 is 39.8 Å². The van der Waals surface area contributed by atoms with Crippen molar-refractivity contribution >= 4 is 21.6 Å². The Kier molecular flexibility index (Phi) is 11.5. The average Bonchev–Trinajstić information content (AvgIpc) is 3.00. The van der Waals surface area contributed by atoms with Crippen LogP contribution in [-0.4, -0.2) is 44.4 Å². The number of nitrogens with one attached hydrogen (secondary N) is 2. The molecule has 0 bridgehead atoms. The molecule has 4 rings (SSSR count). The summed E-state index contributed by atoms with van der Waals surface area (Å²) in [5.41, 5.74) is 1.72. The van der Waals surface area contributed by atoms with Crippen LogP contribution >= 0.6 is 0 Å². The third kappa shape index (κ3) is 9.54. The van der Waals surface area contributed by atoms with Crippen molar-refractivity contribution in [2.24, 2.45) is 11.8 Å². The maximum atomic E-state index is 13.8. The fourth-order valence-corrected chi connectivity index (χ4v) is 6.40. The molecule has 3 aromatic carbocycles. The van der Waals surface area contributed by atoms with Crippen molar-refractivity contribution in [3.05, 3.63) is 125 Å². The number of anilines is 1. The van der Waals surface area contributed by atoms with Gasteiger partial charge in [0.1, 0.15) is 0 Å². The molecule has 3 N–H and O–H groups in total. The molecule has 0 heterocycles. The Morgan fingerprint density at radius 1 is 0.978 bits per heavy atom. The Bertz CT molecular complexity index is 1640. The van der Waals surface area contributed by atoms with Crippen LogP contribution in [0.3, 0.4) is 0 Å². The molecule has 0 saturated heterocycles. The number of rotatable bonds is 13. The second-order valence-corrected chi connectivity index (χ2v) is 13.7. The summed E-state index contributed by atoms with van der Waals surface area (Å²) in [5, 5.41) is 17.2. The van der Waals surface area contributed by atoms with Crippen LogP contribution in [0.1, 0.15) is 37.0 Å². The van der Waals surface area contributed by atoms with Crippen LogP contribution in [0.15, 0.2) is 108 Å². The minimum atomic E-state index is -4.46. The number of sulfonamides is 1. The maximum absolute atomic E-state index is 13.8. The highest BCUT2D eigenvalue weighted by molar-refractivity contribution is 7.92. The van der Waals surface area contributed by atoms with Crippen LogP contribution in [0.4, 0.5) is 18.9 Å². The normalized spacial score (nSPS) is 16.7. The number of amides is 1. The van der Waals surface area contributed by atoms with Gasteiger partial charge in [0.2, 0.25) is 15.9 Å². The molecular weight excluding hydrogens is 615 g/mol. The van der Waals surface area contributed by atoms with Gasteiger partial charge in [0, 0.05) is 18.7 Å². The lowest BCUT2D eigenvalue weighted by atomic mass is 9.84. The fourth-order valence-electron chi connectivity index (χ4n) is 5.40. The summed E-state index contributed by atoms with van der Waals surface area (Å²) in [4.78, 5) is 13.8. The Morgan fingerprint density at radius 3 is 2.22 bits per heavy atom. The number of nitrogens with zero attached hydrogens (tertiary/aromatic N) is 1. The number of halogens is 3. The Hall–Kier alpha value is -3.93. The van der Waals surface area contributed by atoms with Crippen molar-refractivity contribution in [2.75, 3.05) is 17.1 Å². The van der Waals surface area contributed by atoms with Crippen LogP contribution in [-0.2, 0) is 34.0 Å². The zero-order valence-electron chi connectivity index (χ0n) is 26.0. The summed E-state index contributed by atoms with van der Waals surface area (Å²) in [6.45, 7) is 4.10. The van der Waals surface area contributed by atoms with E-state index in [-0.39, 0.29) is 24.9 Å². The van der Waals surface area contributed by atoms with Gasteiger partial charge in [-0.3, -0.25) is 4.79 Å². The highest BCUT2D eigenvalue weighted by atomic mass is 32.2. The smallest absolute Gasteiger partial charge is 0.390 e. The minimum absolute atomic E-state index is 0.00269. The number of carbonyl (C=O) groups is 1. The quantitative estimate of drug-likeness (QED) is 0.215. The molecule has 0 aromatic heterocycles. The molecule has 11 heteroatoms. The molecule has 1 aliphatic rings. The summed E-state index contributed by atoms with van der Waals surface area (Å²) < 4.78 is 66.6. The fraction of sp³-hybridized carbons (Fsp3) is 0.343. The van der Waals surface area contributed by atoms with Crippen molar-refractivity contribution in [3.8, 4) is 0 Å². The first-order chi connectivity index (χ1) is 21.7. The minimum Gasteiger partial charge on any atom is -0.390 e. The highest BCUT2D eigenvalue weighted by Gasteiger charge is 2.32. The van der Waals surface area contributed by atoms with E-state index in [1.807, 2.05) is 50.3 Å². The summed E-state index contributed by atoms with van der Waals surface area (Å²) in [7, 11) is -3.76. The van der Waals surface area contributed by atoms with Gasteiger partial charge in [0.05, 0.1) is 35.3 Å². The van der Waals surface area contributed by atoms with E-state index in [1.54, 1.807) is 42.5 Å². The molecule has 0 aliphatic heterocycles. The predicted octanol–water partition coefficient (Wildman–Crippen LogP) is 5.84. The van der Waals surface area contributed by atoms with Crippen molar-refractivity contribution in [1.29, 1.82) is 0 Å². The lowest BCUT2D eigenvalue weighted by Gasteiger charge is -2.31. The molecule has 3 atom stereocenters. The van der Waals surface area contributed by atoms with E-state index in [0.29, 0.717) is 35.4 Å². The van der Waals surface area contributed by atoms with Crippen molar-refractivity contribution < 1.29 is 31.5 Å². The number of alkyl halides is 3. The van der Waals surface area contributed by atoms with Crippen LogP contribution in [0.5, 0.6) is 0 Å². The monoisotopic (exact) mass is 655 g/mol. The highest BCUT2D eigenvalue weighted by Crippen LogP contribution is 2.34. The third-order valence-electron chi connectivity index (χ3n) is 7.88. The van der Waals surface area contributed by atoms with E-state index in [4.69, 9.17) is 0 Å². The summed E-state index contributed by atoms with van der Waals surface area (Å²) in [5.74, 6) is -0.453. The van der Waals surface area contributed by atoms with E-state index in [0.717, 1.165) is 24.0 Å². The molecule has 3 aromatic rings. The number of hydrogen-bond acceptors (Lipinski definition) is 5.